The Hall–Kier alpha value is 0.705. The maximum atomic E-state index is 12.7. The Balaban J connectivity index is 0.0000176. The standard InChI is InChI=1S/C41H62N12O24S4.4K/c1-52(18-26(57)32(61)34(63)28(59)20-55)40-48-36(42-8-14-78(65,66)67)46-38(50-40)44-24-6-4-22(30(16-24)80(71,72)73)2-3-23-5-7-25(17-31(23)81(74,75)76)45-39-47-37(43-9-15-79(68,69)70)49-41(51-39)53(10-12-77-13-11-54)19-27(58)33(62)35(64)29(60)21-56;;;;/h2-7,16-17,26-29,32-35,54-64H,8-15,18-21H2,1H3,(H,65,66,67)(H,68,69,70)(H,71,72,73)(H,74,75,76)(H2,42,44,46,48,50)(H2,43,45,47,49,51);;;;/q;4*+1/p-4. The van der Waals surface area contributed by atoms with E-state index in [1.807, 2.05) is 0 Å². The minimum atomic E-state index is -5.44. The monoisotopic (exact) mass is 1390 g/mol. The second-order valence-electron chi connectivity index (χ2n) is 17.2. The Morgan fingerprint density at radius 2 is 0.906 bits per heavy atom. The van der Waals surface area contributed by atoms with Gasteiger partial charge in [-0.3, -0.25) is 0 Å². The first-order chi connectivity index (χ1) is 37.7. The van der Waals surface area contributed by atoms with Gasteiger partial charge in [0.05, 0.1) is 74.6 Å². The van der Waals surface area contributed by atoms with E-state index in [9.17, 15) is 103 Å². The van der Waals surface area contributed by atoms with Gasteiger partial charge in [-0.05, 0) is 35.4 Å². The van der Waals surface area contributed by atoms with Crippen LogP contribution >= 0.6 is 0 Å². The molecule has 4 aromatic rings. The zero-order valence-corrected chi connectivity index (χ0v) is 61.9. The first kappa shape index (κ1) is 85.7. The molecule has 44 heteroatoms. The Labute approximate surface area is 657 Å². The summed E-state index contributed by atoms with van der Waals surface area (Å²) < 4.78 is 149. The SMILES string of the molecule is CN(CC(O)C(O)C(O)C(O)CO)c1nc(NCCS(=O)(=O)[O-])nc(Nc2ccc(C=Cc3ccc(Nc4nc(NCCS(=O)(=O)[O-])nc(N(CCOCCO)CC(O)C(O)C(O)C(O)CO)n4)cc3S(=O)(=O)[O-])c(S(=O)(=O)[O-])c2)n1.[K+].[K+].[K+].[K+]. The van der Waals surface area contributed by atoms with Crippen LogP contribution in [0.3, 0.4) is 0 Å². The van der Waals surface area contributed by atoms with Crippen molar-refractivity contribution in [3.05, 3.63) is 47.5 Å². The van der Waals surface area contributed by atoms with Gasteiger partial charge in [0.15, 0.2) is 0 Å². The molecule has 2 aromatic carbocycles. The van der Waals surface area contributed by atoms with Crippen LogP contribution in [0, 0.1) is 0 Å². The molecule has 0 aliphatic rings. The summed E-state index contributed by atoms with van der Waals surface area (Å²) in [5.41, 5.74) is -1.23. The number of hydrogen-bond donors (Lipinski definition) is 15. The second-order valence-corrected chi connectivity index (χ2v) is 22.9. The summed E-state index contributed by atoms with van der Waals surface area (Å²) in [5, 5.41) is 120. The predicted octanol–water partition coefficient (Wildman–Crippen LogP) is -19.4. The number of anilines is 8. The van der Waals surface area contributed by atoms with Crippen LogP contribution in [-0.2, 0) is 45.2 Å². The molecule has 0 saturated carbocycles. The van der Waals surface area contributed by atoms with E-state index < -0.39 is 186 Å². The third kappa shape index (κ3) is 29.7. The number of nitrogens with one attached hydrogen (secondary N) is 4. The third-order valence-corrected chi connectivity index (χ3v) is 14.1. The number of rotatable bonds is 35. The molecule has 0 bridgehead atoms. The molecule has 0 spiro atoms. The van der Waals surface area contributed by atoms with Crippen molar-refractivity contribution in [2.45, 2.75) is 58.6 Å². The van der Waals surface area contributed by atoms with Crippen molar-refractivity contribution in [2.75, 3.05) is 115 Å². The number of aromatic nitrogens is 6. The molecular weight excluding hydrogens is 1330 g/mol. The summed E-state index contributed by atoms with van der Waals surface area (Å²) in [4.78, 5) is 24.9. The molecule has 2 aromatic heterocycles. The number of nitrogens with zero attached hydrogens (tertiary/aromatic N) is 8. The Morgan fingerprint density at radius 1 is 0.529 bits per heavy atom. The van der Waals surface area contributed by atoms with Gasteiger partial charge in [0, 0.05) is 51.1 Å². The van der Waals surface area contributed by atoms with Gasteiger partial charge in [0.25, 0.3) is 0 Å². The molecule has 0 amide bonds. The van der Waals surface area contributed by atoms with Crippen LogP contribution in [0.15, 0.2) is 46.2 Å². The van der Waals surface area contributed by atoms with Crippen molar-refractivity contribution in [1.82, 2.24) is 29.9 Å². The fourth-order valence-corrected chi connectivity index (χ4v) is 8.90. The van der Waals surface area contributed by atoms with Crippen molar-refractivity contribution in [3.63, 3.8) is 0 Å². The van der Waals surface area contributed by atoms with E-state index in [1.54, 1.807) is 0 Å². The largest absolute Gasteiger partial charge is 1.00 e. The van der Waals surface area contributed by atoms with Crippen molar-refractivity contribution in [3.8, 4) is 0 Å². The second kappa shape index (κ2) is 40.1. The van der Waals surface area contributed by atoms with Gasteiger partial charge in [0.1, 0.15) is 69.1 Å². The molecule has 454 valence electrons. The number of likely N-dealkylation sites (N-methyl/N-ethyl adjacent to an activating group) is 1. The smallest absolute Gasteiger partial charge is 0.748 e. The van der Waals surface area contributed by atoms with Crippen LogP contribution in [0.2, 0.25) is 0 Å². The van der Waals surface area contributed by atoms with E-state index in [0.29, 0.717) is 0 Å². The van der Waals surface area contributed by atoms with Crippen molar-refractivity contribution in [1.29, 1.82) is 0 Å². The predicted molar refractivity (Wildman–Crippen MR) is 276 cm³/mol. The Morgan fingerprint density at radius 3 is 1.29 bits per heavy atom. The molecule has 0 fully saturated rings. The van der Waals surface area contributed by atoms with E-state index >= 15 is 0 Å². The fourth-order valence-electron chi connectivity index (χ4n) is 6.80. The first-order valence-corrected chi connectivity index (χ1v) is 29.3. The third-order valence-electron chi connectivity index (χ3n) is 10.9. The van der Waals surface area contributed by atoms with Crippen molar-refractivity contribution >= 4 is 99.7 Å². The van der Waals surface area contributed by atoms with Crippen LogP contribution < -0.4 is 237 Å². The van der Waals surface area contributed by atoms with E-state index in [2.05, 4.69) is 51.2 Å². The molecule has 4 rings (SSSR count). The zero-order valence-electron chi connectivity index (χ0n) is 46.2. The van der Waals surface area contributed by atoms with Gasteiger partial charge in [-0.2, -0.15) is 29.9 Å². The molecule has 15 N–H and O–H groups in total. The molecule has 0 aliphatic heterocycles. The summed E-state index contributed by atoms with van der Waals surface area (Å²) in [6.45, 7) is -5.41. The Kier molecular flexibility index (Phi) is 40.4. The van der Waals surface area contributed by atoms with E-state index in [0.717, 1.165) is 46.2 Å². The normalized spacial score (nSPS) is 14.8. The summed E-state index contributed by atoms with van der Waals surface area (Å²) in [7, 11) is -19.2. The fraction of sp³-hybridized carbons (Fsp3) is 0.512. The summed E-state index contributed by atoms with van der Waals surface area (Å²) >= 11 is 0. The van der Waals surface area contributed by atoms with Gasteiger partial charge in [-0.15, -0.1) is 0 Å². The minimum Gasteiger partial charge on any atom is -0.748 e. The van der Waals surface area contributed by atoms with Crippen molar-refractivity contribution < 1.29 is 318 Å². The van der Waals surface area contributed by atoms with Crippen LogP contribution in [0.25, 0.3) is 12.2 Å². The summed E-state index contributed by atoms with van der Waals surface area (Å²) in [6, 6.07) is 6.02. The van der Waals surface area contributed by atoms with Gasteiger partial charge in [0.2, 0.25) is 35.7 Å². The number of hydrogen-bond acceptors (Lipinski definition) is 36. The van der Waals surface area contributed by atoms with Crippen LogP contribution in [-0.4, -0.2) is 271 Å². The van der Waals surface area contributed by atoms with Gasteiger partial charge < -0.3 is 110 Å². The van der Waals surface area contributed by atoms with Crippen LogP contribution in [0.4, 0.5) is 47.1 Å². The average molecular weight is 1390 g/mol. The molecule has 0 saturated heterocycles. The summed E-state index contributed by atoms with van der Waals surface area (Å²) in [5.74, 6) is -4.51. The van der Waals surface area contributed by atoms with Crippen LogP contribution in [0.5, 0.6) is 0 Å². The minimum absolute atomic E-state index is 0. The maximum absolute atomic E-state index is 12.7. The van der Waals surface area contributed by atoms with Gasteiger partial charge >= 0.3 is 206 Å². The molecule has 0 aliphatic carbocycles. The molecule has 8 atom stereocenters. The van der Waals surface area contributed by atoms with E-state index in [-0.39, 0.29) is 254 Å². The zero-order chi connectivity index (χ0) is 60.6. The average Bonchev–Trinajstić information content (AvgIpc) is 3.39. The summed E-state index contributed by atoms with van der Waals surface area (Å²) in [6.07, 6.45) is -13.8. The number of ether oxygens (including phenoxy) is 1. The Bertz CT molecular complexity index is 3230. The molecule has 0 radical (unpaired) electrons. The molecule has 2 heterocycles. The van der Waals surface area contributed by atoms with Crippen LogP contribution in [0.1, 0.15) is 11.1 Å². The molecule has 36 nitrogen and oxygen atoms in total. The maximum Gasteiger partial charge on any atom is 1.00 e. The quantitative estimate of drug-likeness (QED) is 0.00880. The van der Waals surface area contributed by atoms with E-state index in [4.69, 9.17) is 9.84 Å². The first-order valence-electron chi connectivity index (χ1n) is 23.3. The van der Waals surface area contributed by atoms with Crippen molar-refractivity contribution in [2.24, 2.45) is 0 Å². The number of aliphatic hydroxyl groups is 11. The molecular formula is C41H58K4N12O24S4. The number of benzene rings is 2. The molecule has 85 heavy (non-hydrogen) atoms. The topological polar surface area (TPSA) is 593 Å². The molecule has 8 unspecified atom stereocenters. The van der Waals surface area contributed by atoms with E-state index in [1.165, 1.54) is 19.2 Å². The number of aliphatic hydroxyl groups excluding tert-OH is 11. The van der Waals surface area contributed by atoms with Gasteiger partial charge in [-0.1, -0.05) is 24.3 Å². The van der Waals surface area contributed by atoms with Gasteiger partial charge in [-0.25, -0.2) is 33.7 Å².